The summed E-state index contributed by atoms with van der Waals surface area (Å²) in [5.74, 6) is -1.27. The van der Waals surface area contributed by atoms with E-state index < -0.39 is 49.9 Å². The Hall–Kier alpha value is 0.380. The van der Waals surface area contributed by atoms with Gasteiger partial charge in [0.1, 0.15) is 6.10 Å². The van der Waals surface area contributed by atoms with Gasteiger partial charge in [-0.05, 0) is 14.5 Å². The van der Waals surface area contributed by atoms with Gasteiger partial charge in [-0.15, -0.1) is 0 Å². The first-order valence-corrected chi connectivity index (χ1v) is 7.58. The average Bonchev–Trinajstić information content (AvgIpc) is 2.41. The second-order valence-electron chi connectivity index (χ2n) is 4.35. The molecular weight excluding hydrogens is 369 g/mol. The van der Waals surface area contributed by atoms with Crippen molar-refractivity contribution in [3.63, 3.8) is 0 Å². The number of nitrogens with one attached hydrogen (secondary N) is 1. The number of nitrogens with zero attached hydrogens (tertiary/aromatic N) is 1. The fourth-order valence-corrected chi connectivity index (χ4v) is 1.84. The van der Waals surface area contributed by atoms with Gasteiger partial charge in [0.2, 0.25) is 0 Å². The molecule has 3 N–H and O–H groups in total. The van der Waals surface area contributed by atoms with Crippen molar-refractivity contribution >= 4 is 13.5 Å². The maximum Gasteiger partial charge on any atom is 1.00 e. The number of aliphatic hydroxyl groups is 2. The monoisotopic (exact) mass is 382 g/mol. The molecule has 1 aromatic rings. The Labute approximate surface area is 179 Å². The SMILES string of the molecule is Cc1cn(C(=O)[C@H](O)[C@H](CO)OCP(=O)([O-])[O-])c(=O)[nH]c1=O.[Na+].[Na+]. The van der Waals surface area contributed by atoms with E-state index in [9.17, 15) is 33.8 Å². The third-order valence-corrected chi connectivity index (χ3v) is 3.05. The molecule has 0 aliphatic heterocycles. The Bertz CT molecular complexity index is 713. The van der Waals surface area contributed by atoms with Crippen LogP contribution in [0, 0.1) is 6.92 Å². The van der Waals surface area contributed by atoms with Crippen LogP contribution in [0.4, 0.5) is 0 Å². The largest absolute Gasteiger partial charge is 1.00 e. The van der Waals surface area contributed by atoms with Crippen molar-refractivity contribution in [3.05, 3.63) is 32.6 Å². The van der Waals surface area contributed by atoms with E-state index in [4.69, 9.17) is 5.11 Å². The smallest absolute Gasteiger partial charge is 0.809 e. The maximum absolute atomic E-state index is 11.9. The molecular formula is C10H13N2Na2O9P. The minimum atomic E-state index is -5.07. The molecule has 1 heterocycles. The number of rotatable bonds is 6. The number of aliphatic hydroxyl groups excluding tert-OH is 2. The van der Waals surface area contributed by atoms with Crippen LogP contribution in [-0.2, 0) is 9.30 Å². The van der Waals surface area contributed by atoms with E-state index in [2.05, 4.69) is 4.74 Å². The van der Waals surface area contributed by atoms with Gasteiger partial charge in [0.05, 0.1) is 13.0 Å². The second-order valence-corrected chi connectivity index (χ2v) is 5.83. The van der Waals surface area contributed by atoms with Gasteiger partial charge in [-0.3, -0.25) is 14.6 Å². The third kappa shape index (κ3) is 7.73. The molecule has 0 saturated heterocycles. The van der Waals surface area contributed by atoms with Crippen LogP contribution in [0.15, 0.2) is 15.8 Å². The van der Waals surface area contributed by atoms with Crippen LogP contribution in [0.3, 0.4) is 0 Å². The number of ether oxygens (including phenoxy) is 1. The predicted octanol–water partition coefficient (Wildman–Crippen LogP) is -9.90. The molecule has 0 aliphatic carbocycles. The number of aromatic amines is 1. The normalized spacial score (nSPS) is 13.4. The number of aryl methyl sites for hydroxylation is 1. The van der Waals surface area contributed by atoms with E-state index in [0.717, 1.165) is 6.20 Å². The van der Waals surface area contributed by atoms with E-state index in [1.165, 1.54) is 6.92 Å². The summed E-state index contributed by atoms with van der Waals surface area (Å²) in [6.07, 6.45) is -4.34. The number of carbonyl (C=O) groups is 1. The zero-order valence-corrected chi connectivity index (χ0v) is 18.2. The van der Waals surface area contributed by atoms with Crippen LogP contribution in [0.1, 0.15) is 10.4 Å². The van der Waals surface area contributed by atoms with Gasteiger partial charge in [0.25, 0.3) is 11.5 Å². The van der Waals surface area contributed by atoms with Crippen molar-refractivity contribution in [1.29, 1.82) is 0 Å². The van der Waals surface area contributed by atoms with Gasteiger partial charge in [0, 0.05) is 11.8 Å². The van der Waals surface area contributed by atoms with E-state index in [-0.39, 0.29) is 64.7 Å². The predicted molar refractivity (Wildman–Crippen MR) is 67.1 cm³/mol. The zero-order chi connectivity index (χ0) is 17.1. The number of H-pyrrole nitrogens is 1. The van der Waals surface area contributed by atoms with Crippen molar-refractivity contribution in [3.8, 4) is 0 Å². The van der Waals surface area contributed by atoms with E-state index in [0.29, 0.717) is 4.57 Å². The standard InChI is InChI=1S/C10H15N2O9P.2Na/c1-5-2-12(10(17)11-8(5)15)9(16)7(14)6(3-13)21-4-22(18,19)20;;/h2,6-7,13-14H,3-4H2,1H3,(H,11,15,17)(H2,18,19,20);;/q;2*+1/p-2/t6-,7+;;/m0../s1. The summed E-state index contributed by atoms with van der Waals surface area (Å²) >= 11 is 0. The number of aromatic nitrogens is 2. The molecule has 0 radical (unpaired) electrons. The molecule has 124 valence electrons. The topological polar surface area (TPSA) is 185 Å². The van der Waals surface area contributed by atoms with Gasteiger partial charge in [-0.25, -0.2) is 9.36 Å². The van der Waals surface area contributed by atoms with E-state index in [1.54, 1.807) is 0 Å². The molecule has 24 heavy (non-hydrogen) atoms. The van der Waals surface area contributed by atoms with Crippen LogP contribution < -0.4 is 80.2 Å². The molecule has 1 aromatic heterocycles. The minimum Gasteiger partial charge on any atom is -0.809 e. The summed E-state index contributed by atoms with van der Waals surface area (Å²) in [5, 5.41) is 18.7. The molecule has 0 fully saturated rings. The van der Waals surface area contributed by atoms with Crippen LogP contribution in [0.25, 0.3) is 0 Å². The van der Waals surface area contributed by atoms with Crippen molar-refractivity contribution in [2.45, 2.75) is 19.1 Å². The molecule has 0 aromatic carbocycles. The van der Waals surface area contributed by atoms with Crippen molar-refractivity contribution in [2.75, 3.05) is 13.0 Å². The summed E-state index contributed by atoms with van der Waals surface area (Å²) in [6, 6.07) is 0. The van der Waals surface area contributed by atoms with Gasteiger partial charge in [-0.1, -0.05) is 0 Å². The fourth-order valence-electron chi connectivity index (χ4n) is 1.46. The number of hydrogen-bond donors (Lipinski definition) is 3. The summed E-state index contributed by atoms with van der Waals surface area (Å²) in [5.41, 5.74) is -1.85. The summed E-state index contributed by atoms with van der Waals surface area (Å²) in [7, 11) is -5.07. The van der Waals surface area contributed by atoms with Gasteiger partial charge in [-0.2, -0.15) is 0 Å². The molecule has 2 atom stereocenters. The number of hydrogen-bond acceptors (Lipinski definition) is 9. The van der Waals surface area contributed by atoms with E-state index >= 15 is 0 Å². The zero-order valence-electron chi connectivity index (χ0n) is 13.3. The first-order valence-electron chi connectivity index (χ1n) is 5.85. The molecule has 0 aliphatic rings. The van der Waals surface area contributed by atoms with Crippen LogP contribution >= 0.6 is 7.60 Å². The van der Waals surface area contributed by atoms with Gasteiger partial charge >= 0.3 is 64.8 Å². The summed E-state index contributed by atoms with van der Waals surface area (Å²) in [4.78, 5) is 57.3. The van der Waals surface area contributed by atoms with Crippen molar-refractivity contribution in [2.24, 2.45) is 0 Å². The average molecular weight is 382 g/mol. The fraction of sp³-hybridized carbons (Fsp3) is 0.500. The first kappa shape index (κ1) is 26.6. The Morgan fingerprint density at radius 3 is 2.42 bits per heavy atom. The Morgan fingerprint density at radius 2 is 1.96 bits per heavy atom. The Kier molecular flexibility index (Phi) is 12.4. The second kappa shape index (κ2) is 11.2. The van der Waals surface area contributed by atoms with Crippen LogP contribution in [0.5, 0.6) is 0 Å². The maximum atomic E-state index is 11.9. The molecule has 0 saturated carbocycles. The molecule has 0 amide bonds. The third-order valence-electron chi connectivity index (χ3n) is 2.59. The first-order chi connectivity index (χ1) is 10.1. The van der Waals surface area contributed by atoms with Crippen molar-refractivity contribution < 1.29 is 93.2 Å². The Morgan fingerprint density at radius 1 is 1.42 bits per heavy atom. The van der Waals surface area contributed by atoms with Gasteiger partial charge in [0.15, 0.2) is 6.10 Å². The Balaban J connectivity index is 0. The number of carbonyl (C=O) groups excluding carboxylic acids is 1. The minimum absolute atomic E-state index is 0. The van der Waals surface area contributed by atoms with E-state index in [1.807, 2.05) is 4.98 Å². The van der Waals surface area contributed by atoms with Crippen LogP contribution in [-0.4, -0.2) is 50.8 Å². The molecule has 11 nitrogen and oxygen atoms in total. The quantitative estimate of drug-likeness (QED) is 0.317. The molecule has 1 rings (SSSR count). The summed E-state index contributed by atoms with van der Waals surface area (Å²) < 4.78 is 15.3. The molecule has 0 unspecified atom stereocenters. The molecule has 0 spiro atoms. The molecule has 0 bridgehead atoms. The summed E-state index contributed by atoms with van der Waals surface area (Å²) in [6.45, 7) is 0.323. The van der Waals surface area contributed by atoms with Crippen LogP contribution in [0.2, 0.25) is 0 Å². The van der Waals surface area contributed by atoms with Crippen molar-refractivity contribution in [1.82, 2.24) is 9.55 Å². The van der Waals surface area contributed by atoms with Gasteiger partial charge < -0.3 is 29.3 Å². The molecule has 14 heteroatoms.